The zero-order valence-corrected chi connectivity index (χ0v) is 17.8. The van der Waals surface area contributed by atoms with Crippen LogP contribution in [0.3, 0.4) is 0 Å². The highest BCUT2D eigenvalue weighted by Crippen LogP contribution is 2.35. The van der Waals surface area contributed by atoms with E-state index >= 15 is 0 Å². The van der Waals surface area contributed by atoms with Crippen molar-refractivity contribution >= 4 is 17.3 Å². The van der Waals surface area contributed by atoms with Crippen molar-refractivity contribution in [3.8, 4) is 11.4 Å². The summed E-state index contributed by atoms with van der Waals surface area (Å²) in [6.45, 7) is 1.58. The average molecular weight is 452 g/mol. The Morgan fingerprint density at radius 1 is 1.18 bits per heavy atom. The van der Waals surface area contributed by atoms with E-state index in [1.807, 2.05) is 0 Å². The molecule has 1 amide bonds. The molecular formula is C24H22F2N4O3. The maximum absolute atomic E-state index is 14.5. The molecule has 170 valence electrons. The van der Waals surface area contributed by atoms with E-state index in [0.29, 0.717) is 11.7 Å². The van der Waals surface area contributed by atoms with Crippen molar-refractivity contribution in [2.45, 2.75) is 18.5 Å². The number of rotatable bonds is 5. The molecule has 2 aliphatic rings. The average Bonchev–Trinajstić information content (AvgIpc) is 3.43. The summed E-state index contributed by atoms with van der Waals surface area (Å²) in [5.41, 5.74) is -0.0355. The highest BCUT2D eigenvalue weighted by molar-refractivity contribution is 6.05. The number of nitrogens with one attached hydrogen (secondary N) is 2. The van der Waals surface area contributed by atoms with Crippen LogP contribution < -0.4 is 25.8 Å². The summed E-state index contributed by atoms with van der Waals surface area (Å²) < 4.78 is 34.8. The maximum atomic E-state index is 14.5. The predicted molar refractivity (Wildman–Crippen MR) is 120 cm³/mol. The van der Waals surface area contributed by atoms with Gasteiger partial charge < -0.3 is 20.3 Å². The molecule has 0 radical (unpaired) electrons. The molecule has 7 nitrogen and oxygen atoms in total. The highest BCUT2D eigenvalue weighted by Gasteiger charge is 2.38. The first-order chi connectivity index (χ1) is 16.0. The predicted octanol–water partition coefficient (Wildman–Crippen LogP) is 2.93. The lowest BCUT2D eigenvalue weighted by Gasteiger charge is -2.31. The molecule has 3 heterocycles. The number of anilines is 2. The molecule has 2 bridgehead atoms. The van der Waals surface area contributed by atoms with Crippen LogP contribution in [0.1, 0.15) is 16.8 Å². The molecule has 2 N–H and O–H groups in total. The van der Waals surface area contributed by atoms with Gasteiger partial charge in [0.15, 0.2) is 5.82 Å². The van der Waals surface area contributed by atoms with Crippen LogP contribution in [0.4, 0.5) is 20.2 Å². The van der Waals surface area contributed by atoms with Crippen molar-refractivity contribution in [3.63, 3.8) is 0 Å². The number of halogens is 2. The molecule has 2 atom stereocenters. The summed E-state index contributed by atoms with van der Waals surface area (Å²) >= 11 is 0. The van der Waals surface area contributed by atoms with Gasteiger partial charge in [0.25, 0.3) is 11.5 Å². The van der Waals surface area contributed by atoms with Crippen molar-refractivity contribution in [1.82, 2.24) is 9.88 Å². The zero-order chi connectivity index (χ0) is 23.1. The lowest BCUT2D eigenvalue weighted by atomic mass is 10.1. The first kappa shape index (κ1) is 21.1. The smallest absolute Gasteiger partial charge is 0.268 e. The van der Waals surface area contributed by atoms with Gasteiger partial charge in [-0.3, -0.25) is 14.2 Å². The quantitative estimate of drug-likeness (QED) is 0.623. The van der Waals surface area contributed by atoms with Gasteiger partial charge in [-0.2, -0.15) is 0 Å². The fraction of sp³-hybridized carbons (Fsp3) is 0.250. The van der Waals surface area contributed by atoms with Crippen LogP contribution in [0.2, 0.25) is 0 Å². The molecule has 2 fully saturated rings. The first-order valence-electron chi connectivity index (χ1n) is 10.6. The number of pyridine rings is 1. The number of carbonyl (C=O) groups is 1. The third-order valence-corrected chi connectivity index (χ3v) is 6.18. The lowest BCUT2D eigenvalue weighted by Crippen LogP contribution is -2.44. The second kappa shape index (κ2) is 8.32. The minimum Gasteiger partial charge on any atom is -0.494 e. The number of para-hydroxylation sites is 1. The summed E-state index contributed by atoms with van der Waals surface area (Å²) in [4.78, 5) is 28.4. The van der Waals surface area contributed by atoms with Gasteiger partial charge in [0.05, 0.1) is 18.5 Å². The Balaban J connectivity index is 1.50. The Hall–Kier alpha value is -3.72. The number of nitrogens with zero attached hydrogens (tertiary/aromatic N) is 2. The van der Waals surface area contributed by atoms with Gasteiger partial charge in [0.1, 0.15) is 22.8 Å². The van der Waals surface area contributed by atoms with E-state index in [2.05, 4.69) is 15.5 Å². The summed E-state index contributed by atoms with van der Waals surface area (Å²) in [6, 6.07) is 11.9. The Morgan fingerprint density at radius 2 is 2.03 bits per heavy atom. The Morgan fingerprint density at radius 3 is 2.76 bits per heavy atom. The molecule has 0 saturated carbocycles. The molecule has 33 heavy (non-hydrogen) atoms. The van der Waals surface area contributed by atoms with Crippen molar-refractivity contribution in [2.75, 3.05) is 30.4 Å². The molecule has 0 aliphatic carbocycles. The fourth-order valence-electron chi connectivity index (χ4n) is 4.64. The van der Waals surface area contributed by atoms with Crippen LogP contribution in [0.5, 0.6) is 5.75 Å². The van der Waals surface area contributed by atoms with Crippen LogP contribution in [-0.4, -0.2) is 42.8 Å². The number of methoxy groups -OCH3 is 1. The zero-order valence-electron chi connectivity index (χ0n) is 17.8. The van der Waals surface area contributed by atoms with Crippen LogP contribution in [0.25, 0.3) is 5.69 Å². The number of aromatic nitrogens is 1. The SMILES string of the molecule is COc1cccc(F)c1-n1cccc(C(=O)Nc2cc(F)ccc2N2CC3CC2CN3)c1=O. The largest absolute Gasteiger partial charge is 0.494 e. The van der Waals surface area contributed by atoms with E-state index in [0.717, 1.165) is 24.1 Å². The second-order valence-corrected chi connectivity index (χ2v) is 8.15. The van der Waals surface area contributed by atoms with Crippen LogP contribution >= 0.6 is 0 Å². The lowest BCUT2D eigenvalue weighted by molar-refractivity contribution is 0.102. The number of carbonyl (C=O) groups excluding carboxylic acids is 1. The summed E-state index contributed by atoms with van der Waals surface area (Å²) in [6.07, 6.45) is 2.35. The standard InChI is InChI=1S/C24H22F2N4O3/c1-33-21-6-2-5-18(26)22(21)29-9-3-4-17(24(29)32)23(31)28-19-10-14(25)7-8-20(19)30-13-15-11-16(30)12-27-15/h2-10,15-16,27H,11-13H2,1H3,(H,28,31). The number of ether oxygens (including phenoxy) is 1. The van der Waals surface area contributed by atoms with Crippen LogP contribution in [0.15, 0.2) is 59.5 Å². The molecule has 0 spiro atoms. The normalized spacial score (nSPS) is 19.1. The van der Waals surface area contributed by atoms with Crippen molar-refractivity contribution in [3.05, 3.63) is 82.3 Å². The van der Waals surface area contributed by atoms with E-state index < -0.39 is 23.1 Å². The molecule has 5 rings (SSSR count). The van der Waals surface area contributed by atoms with Gasteiger partial charge >= 0.3 is 0 Å². The summed E-state index contributed by atoms with van der Waals surface area (Å²) in [7, 11) is 1.37. The number of amides is 1. The Labute approximate surface area is 188 Å². The van der Waals surface area contributed by atoms with E-state index in [9.17, 15) is 18.4 Å². The topological polar surface area (TPSA) is 75.6 Å². The number of benzene rings is 2. The van der Waals surface area contributed by atoms with E-state index in [4.69, 9.17) is 4.74 Å². The number of piperazine rings is 1. The Kier molecular flexibility index (Phi) is 5.33. The Bertz CT molecular complexity index is 1290. The second-order valence-electron chi connectivity index (χ2n) is 8.15. The first-order valence-corrected chi connectivity index (χ1v) is 10.6. The van der Waals surface area contributed by atoms with Gasteiger partial charge in [0.2, 0.25) is 0 Å². The number of hydrogen-bond acceptors (Lipinski definition) is 5. The van der Waals surface area contributed by atoms with Gasteiger partial charge in [-0.15, -0.1) is 0 Å². The van der Waals surface area contributed by atoms with Gasteiger partial charge in [-0.25, -0.2) is 8.78 Å². The molecule has 2 aliphatic heterocycles. The molecule has 1 aromatic heterocycles. The highest BCUT2D eigenvalue weighted by atomic mass is 19.1. The molecule has 9 heteroatoms. The monoisotopic (exact) mass is 452 g/mol. The van der Waals surface area contributed by atoms with Gasteiger partial charge in [-0.05, 0) is 48.9 Å². The van der Waals surface area contributed by atoms with Crippen LogP contribution in [0, 0.1) is 11.6 Å². The molecule has 2 saturated heterocycles. The minimum atomic E-state index is -0.721. The molecular weight excluding hydrogens is 430 g/mol. The third-order valence-electron chi connectivity index (χ3n) is 6.18. The van der Waals surface area contributed by atoms with Crippen molar-refractivity contribution < 1.29 is 18.3 Å². The fourth-order valence-corrected chi connectivity index (χ4v) is 4.64. The maximum Gasteiger partial charge on any atom is 0.268 e. The minimum absolute atomic E-state index is 0.0910. The van der Waals surface area contributed by atoms with Crippen molar-refractivity contribution in [2.24, 2.45) is 0 Å². The molecule has 2 aromatic carbocycles. The molecule has 3 aromatic rings. The van der Waals surface area contributed by atoms with Gasteiger partial charge in [-0.1, -0.05) is 6.07 Å². The summed E-state index contributed by atoms with van der Waals surface area (Å²) in [5.74, 6) is -1.73. The van der Waals surface area contributed by atoms with E-state index in [-0.39, 0.29) is 28.7 Å². The van der Waals surface area contributed by atoms with Crippen molar-refractivity contribution in [1.29, 1.82) is 0 Å². The molecule has 2 unspecified atom stereocenters. The third kappa shape index (κ3) is 3.74. The number of hydrogen-bond donors (Lipinski definition) is 2. The van der Waals surface area contributed by atoms with Gasteiger partial charge in [0, 0.05) is 31.4 Å². The van der Waals surface area contributed by atoms with E-state index in [1.165, 1.54) is 55.8 Å². The summed E-state index contributed by atoms with van der Waals surface area (Å²) in [5, 5.41) is 6.10. The number of fused-ring (bicyclic) bond motifs is 2. The van der Waals surface area contributed by atoms with Crippen LogP contribution in [-0.2, 0) is 0 Å². The van der Waals surface area contributed by atoms with E-state index in [1.54, 1.807) is 6.07 Å².